The van der Waals surface area contributed by atoms with Gasteiger partial charge in [0, 0.05) is 11.6 Å². The molecule has 17 heavy (non-hydrogen) atoms. The number of benzene rings is 1. The third-order valence-electron chi connectivity index (χ3n) is 2.99. The number of thioether (sulfide) groups is 1. The fourth-order valence-corrected chi connectivity index (χ4v) is 2.69. The predicted molar refractivity (Wildman–Crippen MR) is 77.3 cm³/mol. The molecule has 96 valence electrons. The molecule has 0 heterocycles. The summed E-state index contributed by atoms with van der Waals surface area (Å²) in [6, 6.07) is 4.77. The molecule has 0 aliphatic carbocycles. The molecule has 0 aromatic heterocycles. The molecule has 1 unspecified atom stereocenters. The van der Waals surface area contributed by atoms with E-state index in [2.05, 4.69) is 37.6 Å². The summed E-state index contributed by atoms with van der Waals surface area (Å²) in [4.78, 5) is 0. The Morgan fingerprint density at radius 2 is 2.06 bits per heavy atom. The summed E-state index contributed by atoms with van der Waals surface area (Å²) >= 11 is 1.88. The summed E-state index contributed by atoms with van der Waals surface area (Å²) in [5, 5.41) is 3.39. The highest BCUT2D eigenvalue weighted by atomic mass is 32.2. The molecule has 0 radical (unpaired) electrons. The lowest BCUT2D eigenvalue weighted by atomic mass is 9.98. The van der Waals surface area contributed by atoms with Gasteiger partial charge in [0.25, 0.3) is 0 Å². The molecule has 1 rings (SSSR count). The smallest absolute Gasteiger partial charge is 0.126 e. The van der Waals surface area contributed by atoms with Gasteiger partial charge < -0.3 is 10.1 Å². The molecule has 1 aromatic rings. The molecule has 2 nitrogen and oxygen atoms in total. The summed E-state index contributed by atoms with van der Waals surface area (Å²) in [6.07, 6.45) is 3.27. The van der Waals surface area contributed by atoms with Crippen LogP contribution in [0.1, 0.15) is 29.2 Å². The number of rotatable bonds is 6. The number of ether oxygens (including phenoxy) is 1. The lowest BCUT2D eigenvalue weighted by Gasteiger charge is -2.21. The zero-order valence-electron chi connectivity index (χ0n) is 11.5. The second kappa shape index (κ2) is 6.92. The first-order chi connectivity index (χ1) is 8.13. The maximum absolute atomic E-state index is 5.55. The van der Waals surface area contributed by atoms with Crippen molar-refractivity contribution in [2.24, 2.45) is 0 Å². The maximum Gasteiger partial charge on any atom is 0.126 e. The Morgan fingerprint density at radius 3 is 2.59 bits per heavy atom. The quantitative estimate of drug-likeness (QED) is 0.840. The minimum absolute atomic E-state index is 0.371. The highest BCUT2D eigenvalue weighted by molar-refractivity contribution is 7.98. The van der Waals surface area contributed by atoms with Gasteiger partial charge in [-0.2, -0.15) is 11.8 Å². The molecule has 1 atom stereocenters. The van der Waals surface area contributed by atoms with Gasteiger partial charge in [0.2, 0.25) is 0 Å². The highest BCUT2D eigenvalue weighted by Gasteiger charge is 2.16. The van der Waals surface area contributed by atoms with E-state index in [-0.39, 0.29) is 0 Å². The molecule has 0 bridgehead atoms. The molecular formula is C14H23NOS. The van der Waals surface area contributed by atoms with Crippen LogP contribution in [0.15, 0.2) is 12.1 Å². The zero-order chi connectivity index (χ0) is 12.8. The molecule has 3 heteroatoms. The van der Waals surface area contributed by atoms with Crippen LogP contribution in [-0.2, 0) is 0 Å². The topological polar surface area (TPSA) is 21.3 Å². The molecule has 1 aromatic carbocycles. The summed E-state index contributed by atoms with van der Waals surface area (Å²) in [5.41, 5.74) is 3.79. The van der Waals surface area contributed by atoms with Crippen LogP contribution < -0.4 is 10.1 Å². The lowest BCUT2D eigenvalue weighted by Crippen LogP contribution is -2.18. The van der Waals surface area contributed by atoms with Crippen molar-refractivity contribution < 1.29 is 4.74 Å². The Balaban J connectivity index is 3.07. The number of methoxy groups -OCH3 is 1. The SMILES string of the molecule is CNC(CCSC)c1cc(C)cc(C)c1OC. The van der Waals surface area contributed by atoms with E-state index in [1.165, 1.54) is 16.7 Å². The summed E-state index contributed by atoms with van der Waals surface area (Å²) < 4.78 is 5.55. The molecule has 0 amide bonds. The van der Waals surface area contributed by atoms with Gasteiger partial charge in [-0.25, -0.2) is 0 Å². The second-order valence-corrected chi connectivity index (χ2v) is 5.31. The van der Waals surface area contributed by atoms with Crippen LogP contribution in [0.3, 0.4) is 0 Å². The molecule has 0 saturated heterocycles. The van der Waals surface area contributed by atoms with Crippen LogP contribution in [0, 0.1) is 13.8 Å². The number of hydrogen-bond donors (Lipinski definition) is 1. The Bertz CT molecular complexity index is 365. The van der Waals surface area contributed by atoms with Crippen molar-refractivity contribution in [3.63, 3.8) is 0 Å². The third kappa shape index (κ3) is 3.65. The molecule has 0 saturated carbocycles. The van der Waals surface area contributed by atoms with Gasteiger partial charge in [-0.05, 0) is 44.9 Å². The van der Waals surface area contributed by atoms with Crippen LogP contribution in [0.2, 0.25) is 0 Å². The van der Waals surface area contributed by atoms with Gasteiger partial charge >= 0.3 is 0 Å². The average Bonchev–Trinajstić information content (AvgIpc) is 2.29. The van der Waals surface area contributed by atoms with E-state index < -0.39 is 0 Å². The average molecular weight is 253 g/mol. The zero-order valence-corrected chi connectivity index (χ0v) is 12.3. The molecular weight excluding hydrogens is 230 g/mol. The van der Waals surface area contributed by atoms with Gasteiger partial charge in [-0.3, -0.25) is 0 Å². The van der Waals surface area contributed by atoms with E-state index in [0.717, 1.165) is 17.9 Å². The van der Waals surface area contributed by atoms with Gasteiger partial charge in [0.1, 0.15) is 5.75 Å². The van der Waals surface area contributed by atoms with Gasteiger partial charge in [0.05, 0.1) is 7.11 Å². The molecule has 0 spiro atoms. The van der Waals surface area contributed by atoms with E-state index in [9.17, 15) is 0 Å². The fraction of sp³-hybridized carbons (Fsp3) is 0.571. The monoisotopic (exact) mass is 253 g/mol. The van der Waals surface area contributed by atoms with Crippen LogP contribution >= 0.6 is 11.8 Å². The predicted octanol–water partition coefficient (Wildman–Crippen LogP) is 3.33. The van der Waals surface area contributed by atoms with Crippen LogP contribution in [0.5, 0.6) is 5.75 Å². The Morgan fingerprint density at radius 1 is 1.35 bits per heavy atom. The Kier molecular flexibility index (Phi) is 5.86. The number of aryl methyl sites for hydroxylation is 2. The fourth-order valence-electron chi connectivity index (χ4n) is 2.22. The van der Waals surface area contributed by atoms with Crippen LogP contribution in [-0.4, -0.2) is 26.2 Å². The Hall–Kier alpha value is -0.670. The number of nitrogens with one attached hydrogen (secondary N) is 1. The number of hydrogen-bond acceptors (Lipinski definition) is 3. The van der Waals surface area contributed by atoms with Crippen LogP contribution in [0.4, 0.5) is 0 Å². The van der Waals surface area contributed by atoms with Gasteiger partial charge in [0.15, 0.2) is 0 Å². The van der Waals surface area contributed by atoms with Gasteiger partial charge in [-0.15, -0.1) is 0 Å². The molecule has 0 aliphatic rings. The second-order valence-electron chi connectivity index (χ2n) is 4.33. The standard InChI is InChI=1S/C14H23NOS/c1-10-8-11(2)14(16-4)12(9-10)13(15-3)6-7-17-5/h8-9,13,15H,6-7H2,1-5H3. The molecule has 0 fully saturated rings. The first-order valence-electron chi connectivity index (χ1n) is 5.95. The van der Waals surface area contributed by atoms with E-state index in [1.54, 1.807) is 7.11 Å². The van der Waals surface area contributed by atoms with Crippen molar-refractivity contribution in [2.75, 3.05) is 26.2 Å². The van der Waals surface area contributed by atoms with Crippen LogP contribution in [0.25, 0.3) is 0 Å². The summed E-state index contributed by atoms with van der Waals surface area (Å²) in [5.74, 6) is 2.18. The van der Waals surface area contributed by atoms with E-state index in [4.69, 9.17) is 4.74 Å². The van der Waals surface area contributed by atoms with Gasteiger partial charge in [-0.1, -0.05) is 17.7 Å². The van der Waals surface area contributed by atoms with E-state index in [1.807, 2.05) is 18.8 Å². The Labute approximate surface area is 109 Å². The van der Waals surface area contributed by atoms with E-state index >= 15 is 0 Å². The van der Waals surface area contributed by atoms with Crippen molar-refractivity contribution in [2.45, 2.75) is 26.3 Å². The third-order valence-corrected chi connectivity index (χ3v) is 3.63. The minimum atomic E-state index is 0.371. The van der Waals surface area contributed by atoms with Crippen molar-refractivity contribution in [1.29, 1.82) is 0 Å². The maximum atomic E-state index is 5.55. The minimum Gasteiger partial charge on any atom is -0.496 e. The first-order valence-corrected chi connectivity index (χ1v) is 7.34. The normalized spacial score (nSPS) is 12.5. The van der Waals surface area contributed by atoms with E-state index in [0.29, 0.717) is 6.04 Å². The van der Waals surface area contributed by atoms with Crippen molar-refractivity contribution >= 4 is 11.8 Å². The largest absolute Gasteiger partial charge is 0.496 e. The molecule has 1 N–H and O–H groups in total. The molecule has 0 aliphatic heterocycles. The summed E-state index contributed by atoms with van der Waals surface area (Å²) in [6.45, 7) is 4.24. The van der Waals surface area contributed by atoms with Crippen molar-refractivity contribution in [3.05, 3.63) is 28.8 Å². The lowest BCUT2D eigenvalue weighted by molar-refractivity contribution is 0.397. The van der Waals surface area contributed by atoms with Crippen molar-refractivity contribution in [3.8, 4) is 5.75 Å². The summed E-state index contributed by atoms with van der Waals surface area (Å²) in [7, 11) is 3.77. The highest BCUT2D eigenvalue weighted by Crippen LogP contribution is 2.32. The van der Waals surface area contributed by atoms with Crippen molar-refractivity contribution in [1.82, 2.24) is 5.32 Å². The first kappa shape index (κ1) is 14.4.